The molecule has 1 aliphatic rings. The Hall–Kier alpha value is -2.95. The quantitative estimate of drug-likeness (QED) is 0.296. The van der Waals surface area contributed by atoms with E-state index >= 15 is 4.39 Å². The molecule has 2 heterocycles. The number of hydrogen-bond acceptors (Lipinski definition) is 6. The Balaban J connectivity index is 1.35. The van der Waals surface area contributed by atoms with Crippen LogP contribution in [0.4, 0.5) is 23.2 Å². The Morgan fingerprint density at radius 2 is 1.82 bits per heavy atom. The number of piperidine rings is 1. The number of ether oxygens (including phenoxy) is 1. The van der Waals surface area contributed by atoms with E-state index in [1.807, 2.05) is 0 Å². The van der Waals surface area contributed by atoms with Crippen LogP contribution in [0.25, 0.3) is 10.9 Å². The molecule has 3 aromatic rings. The van der Waals surface area contributed by atoms with Crippen molar-refractivity contribution in [1.82, 2.24) is 9.88 Å². The SMILES string of the molecule is COc1ccc2ncc(CO)c([C@H](F)CCC3(CO)CCN(CCNc4c(F)cc(F)cc4F)CC3)c2c1. The largest absolute Gasteiger partial charge is 0.497 e. The van der Waals surface area contributed by atoms with Gasteiger partial charge in [0.05, 0.1) is 19.2 Å². The minimum atomic E-state index is -1.36. The predicted octanol–water partition coefficient (Wildman–Crippen LogP) is 5.13. The molecule has 0 aliphatic carbocycles. The highest BCUT2D eigenvalue weighted by Gasteiger charge is 2.35. The number of alkyl halides is 1. The minimum Gasteiger partial charge on any atom is -0.497 e. The maximum Gasteiger partial charge on any atom is 0.152 e. The van der Waals surface area contributed by atoms with E-state index in [4.69, 9.17) is 4.74 Å². The van der Waals surface area contributed by atoms with Crippen molar-refractivity contribution in [1.29, 1.82) is 0 Å². The standard InChI is InChI=1S/C28H33F4N3O3/c1-38-20-2-3-25-21(14-20)26(18(16-36)15-34-25)22(30)4-5-28(17-37)6-9-35(10-7-28)11-8-33-27-23(31)12-19(29)13-24(27)32/h2-3,12-15,22,33,36-37H,4-11,16-17H2,1H3/t22-/m1/s1. The van der Waals surface area contributed by atoms with E-state index in [1.165, 1.54) is 13.3 Å². The number of aliphatic hydroxyl groups is 2. The summed E-state index contributed by atoms with van der Waals surface area (Å²) in [6, 6.07) is 6.50. The first-order chi connectivity index (χ1) is 18.3. The molecule has 4 rings (SSSR count). The summed E-state index contributed by atoms with van der Waals surface area (Å²) in [6.45, 7) is 1.65. The Morgan fingerprint density at radius 3 is 2.45 bits per heavy atom. The van der Waals surface area contributed by atoms with Crippen LogP contribution in [0.5, 0.6) is 5.75 Å². The van der Waals surface area contributed by atoms with Gasteiger partial charge in [0.2, 0.25) is 0 Å². The van der Waals surface area contributed by atoms with Crippen LogP contribution in [0, 0.1) is 22.9 Å². The molecule has 0 saturated carbocycles. The number of nitrogens with zero attached hydrogens (tertiary/aromatic N) is 2. The number of likely N-dealkylation sites (tertiary alicyclic amines) is 1. The zero-order valence-corrected chi connectivity index (χ0v) is 21.3. The second kappa shape index (κ2) is 12.3. The molecular weight excluding hydrogens is 502 g/mol. The van der Waals surface area contributed by atoms with Crippen molar-refractivity contribution in [2.24, 2.45) is 5.41 Å². The van der Waals surface area contributed by atoms with Crippen molar-refractivity contribution >= 4 is 16.6 Å². The summed E-state index contributed by atoms with van der Waals surface area (Å²) in [5.74, 6) is -2.36. The normalized spacial score (nSPS) is 16.5. The van der Waals surface area contributed by atoms with E-state index in [-0.39, 0.29) is 31.9 Å². The molecule has 0 bridgehead atoms. The molecule has 2 aromatic carbocycles. The fraction of sp³-hybridized carbons (Fsp3) is 0.464. The maximum atomic E-state index is 15.7. The summed E-state index contributed by atoms with van der Waals surface area (Å²) in [5.41, 5.74) is 0.634. The lowest BCUT2D eigenvalue weighted by atomic mass is 9.74. The monoisotopic (exact) mass is 535 g/mol. The van der Waals surface area contributed by atoms with Crippen molar-refractivity contribution in [3.05, 3.63) is 65.1 Å². The van der Waals surface area contributed by atoms with Crippen molar-refractivity contribution in [2.75, 3.05) is 45.2 Å². The van der Waals surface area contributed by atoms with E-state index in [0.717, 1.165) is 0 Å². The number of halogens is 4. The van der Waals surface area contributed by atoms with Gasteiger partial charge in [-0.15, -0.1) is 0 Å². The number of rotatable bonds is 11. The lowest BCUT2D eigenvalue weighted by Gasteiger charge is -2.41. The third kappa shape index (κ3) is 6.19. The van der Waals surface area contributed by atoms with E-state index < -0.39 is 29.0 Å². The molecule has 0 spiro atoms. The van der Waals surface area contributed by atoms with E-state index in [1.54, 1.807) is 18.2 Å². The fourth-order valence-electron chi connectivity index (χ4n) is 5.22. The summed E-state index contributed by atoms with van der Waals surface area (Å²) in [6.07, 6.45) is 2.06. The Morgan fingerprint density at radius 1 is 1.11 bits per heavy atom. The number of aliphatic hydroxyl groups excluding tert-OH is 2. The molecule has 1 fully saturated rings. The smallest absolute Gasteiger partial charge is 0.152 e. The highest BCUT2D eigenvalue weighted by Crippen LogP contribution is 2.41. The molecule has 0 amide bonds. The minimum absolute atomic E-state index is 0.0738. The van der Waals surface area contributed by atoms with Gasteiger partial charge < -0.3 is 25.2 Å². The second-order valence-electron chi connectivity index (χ2n) is 9.92. The van der Waals surface area contributed by atoms with Crippen LogP contribution in [0.3, 0.4) is 0 Å². The van der Waals surface area contributed by atoms with Crippen LogP contribution < -0.4 is 10.1 Å². The molecule has 1 saturated heterocycles. The van der Waals surface area contributed by atoms with Gasteiger partial charge in [-0.2, -0.15) is 0 Å². The van der Waals surface area contributed by atoms with E-state index in [2.05, 4.69) is 15.2 Å². The van der Waals surface area contributed by atoms with Gasteiger partial charge >= 0.3 is 0 Å². The lowest BCUT2D eigenvalue weighted by molar-refractivity contribution is 0.0314. The predicted molar refractivity (Wildman–Crippen MR) is 137 cm³/mol. The topological polar surface area (TPSA) is 77.8 Å². The zero-order chi connectivity index (χ0) is 27.3. The lowest BCUT2D eigenvalue weighted by Crippen LogP contribution is -2.43. The summed E-state index contributed by atoms with van der Waals surface area (Å²) in [7, 11) is 1.53. The third-order valence-corrected chi connectivity index (χ3v) is 7.60. The van der Waals surface area contributed by atoms with Crippen molar-refractivity contribution in [3.63, 3.8) is 0 Å². The Bertz CT molecular complexity index is 1220. The van der Waals surface area contributed by atoms with Crippen LogP contribution in [0.15, 0.2) is 36.5 Å². The van der Waals surface area contributed by atoms with Gasteiger partial charge in [-0.3, -0.25) is 4.98 Å². The van der Waals surface area contributed by atoms with Crippen molar-refractivity contribution in [2.45, 2.75) is 38.5 Å². The zero-order valence-electron chi connectivity index (χ0n) is 21.3. The molecule has 1 aliphatic heterocycles. The van der Waals surface area contributed by atoms with Gasteiger partial charge in [-0.1, -0.05) is 0 Å². The summed E-state index contributed by atoms with van der Waals surface area (Å²) in [4.78, 5) is 6.44. The number of fused-ring (bicyclic) bond motifs is 1. The molecule has 1 atom stereocenters. The molecule has 38 heavy (non-hydrogen) atoms. The van der Waals surface area contributed by atoms with Crippen LogP contribution in [-0.4, -0.2) is 60.0 Å². The molecule has 0 radical (unpaired) electrons. The van der Waals surface area contributed by atoms with Crippen molar-refractivity contribution in [3.8, 4) is 5.75 Å². The third-order valence-electron chi connectivity index (χ3n) is 7.60. The molecule has 0 unspecified atom stereocenters. The fourth-order valence-corrected chi connectivity index (χ4v) is 5.22. The first-order valence-corrected chi connectivity index (χ1v) is 12.7. The first kappa shape index (κ1) is 28.1. The number of anilines is 1. The van der Waals surface area contributed by atoms with Gasteiger partial charge in [-0.05, 0) is 62.4 Å². The Kier molecular flexibility index (Phi) is 9.07. The van der Waals surface area contributed by atoms with E-state index in [9.17, 15) is 23.4 Å². The number of pyridine rings is 1. The molecule has 10 heteroatoms. The average molecular weight is 536 g/mol. The van der Waals surface area contributed by atoms with Gasteiger partial charge in [0.1, 0.15) is 23.4 Å². The second-order valence-corrected chi connectivity index (χ2v) is 9.92. The Labute approximate surface area is 219 Å². The number of aromatic nitrogens is 1. The first-order valence-electron chi connectivity index (χ1n) is 12.7. The van der Waals surface area contributed by atoms with Gasteiger partial charge in [0.15, 0.2) is 11.6 Å². The summed E-state index contributed by atoms with van der Waals surface area (Å²) in [5, 5.41) is 23.3. The molecule has 206 valence electrons. The van der Waals surface area contributed by atoms with Crippen LogP contribution >= 0.6 is 0 Å². The average Bonchev–Trinajstić information content (AvgIpc) is 2.92. The van der Waals surface area contributed by atoms with Crippen molar-refractivity contribution < 1.29 is 32.5 Å². The van der Waals surface area contributed by atoms with E-state index in [0.29, 0.717) is 78.8 Å². The highest BCUT2D eigenvalue weighted by molar-refractivity contribution is 5.85. The number of methoxy groups -OCH3 is 1. The number of benzene rings is 2. The van der Waals surface area contributed by atoms with Crippen LogP contribution in [-0.2, 0) is 6.61 Å². The molecular formula is C28H33F4N3O3. The molecule has 1 aromatic heterocycles. The van der Waals surface area contributed by atoms with Gasteiger partial charge in [0.25, 0.3) is 0 Å². The molecule has 6 nitrogen and oxygen atoms in total. The number of hydrogen-bond donors (Lipinski definition) is 3. The van der Waals surface area contributed by atoms with Gasteiger partial charge in [0, 0.05) is 54.5 Å². The van der Waals surface area contributed by atoms with Crippen LogP contribution in [0.2, 0.25) is 0 Å². The van der Waals surface area contributed by atoms with Gasteiger partial charge in [-0.25, -0.2) is 17.6 Å². The maximum absolute atomic E-state index is 15.7. The molecule has 3 N–H and O–H groups in total. The summed E-state index contributed by atoms with van der Waals surface area (Å²) >= 11 is 0. The highest BCUT2D eigenvalue weighted by atomic mass is 19.1. The summed E-state index contributed by atoms with van der Waals surface area (Å²) < 4.78 is 61.8. The number of nitrogens with one attached hydrogen (secondary N) is 1. The van der Waals surface area contributed by atoms with Crippen LogP contribution in [0.1, 0.15) is 43.0 Å².